The number of rotatable bonds is 8. The smallest absolute Gasteiger partial charge is 0.253 e. The number of benzene rings is 2. The maximum absolute atomic E-state index is 13.1. The van der Waals surface area contributed by atoms with E-state index in [-0.39, 0.29) is 47.4 Å². The van der Waals surface area contributed by atoms with Gasteiger partial charge in [-0.15, -0.1) is 0 Å². The first kappa shape index (κ1) is 26.3. The molecule has 2 aromatic rings. The van der Waals surface area contributed by atoms with Crippen LogP contribution in [-0.2, 0) is 20.0 Å². The first-order valence-corrected chi connectivity index (χ1v) is 14.4. The Morgan fingerprint density at radius 3 is 2.00 bits per heavy atom. The first-order valence-electron chi connectivity index (χ1n) is 11.5. The van der Waals surface area contributed by atoms with Crippen molar-refractivity contribution in [2.75, 3.05) is 39.3 Å². The van der Waals surface area contributed by atoms with Gasteiger partial charge in [-0.3, -0.25) is 4.79 Å². The van der Waals surface area contributed by atoms with Gasteiger partial charge in [0.2, 0.25) is 20.0 Å². The lowest BCUT2D eigenvalue weighted by Crippen LogP contribution is -2.50. The summed E-state index contributed by atoms with van der Waals surface area (Å²) in [5, 5.41) is 0. The van der Waals surface area contributed by atoms with Crippen molar-refractivity contribution in [2.45, 2.75) is 43.4 Å². The predicted molar refractivity (Wildman–Crippen MR) is 132 cm³/mol. The number of nitrogens with zero attached hydrogens (tertiary/aromatic N) is 3. The van der Waals surface area contributed by atoms with Crippen molar-refractivity contribution in [3.8, 4) is 0 Å². The summed E-state index contributed by atoms with van der Waals surface area (Å²) in [5.41, 5.74) is 1.34. The van der Waals surface area contributed by atoms with Crippen LogP contribution >= 0.6 is 0 Å². The Kier molecular flexibility index (Phi) is 8.18. The average molecular weight is 508 g/mol. The predicted octanol–water partition coefficient (Wildman–Crippen LogP) is 2.99. The molecule has 1 aliphatic heterocycles. The van der Waals surface area contributed by atoms with E-state index >= 15 is 0 Å². The SMILES string of the molecule is CCN(CC)S(=O)(=O)c1cccc(C(=O)N2CCN(S(=O)(=O)c3ccc(C(C)C)cc3)CC2)c1. The van der Waals surface area contributed by atoms with Crippen molar-refractivity contribution in [2.24, 2.45) is 0 Å². The van der Waals surface area contributed by atoms with Crippen molar-refractivity contribution < 1.29 is 21.6 Å². The van der Waals surface area contributed by atoms with Crippen LogP contribution in [0.2, 0.25) is 0 Å². The van der Waals surface area contributed by atoms with Crippen molar-refractivity contribution in [3.63, 3.8) is 0 Å². The Labute approximate surface area is 203 Å². The minimum Gasteiger partial charge on any atom is -0.336 e. The monoisotopic (exact) mass is 507 g/mol. The van der Waals surface area contributed by atoms with Crippen LogP contribution in [0.25, 0.3) is 0 Å². The van der Waals surface area contributed by atoms with E-state index in [2.05, 4.69) is 13.8 Å². The summed E-state index contributed by atoms with van der Waals surface area (Å²) in [5.74, 6) is 0.00162. The fraction of sp³-hybridized carbons (Fsp3) is 0.458. The fourth-order valence-electron chi connectivity index (χ4n) is 3.99. The molecule has 0 unspecified atom stereocenters. The van der Waals surface area contributed by atoms with Gasteiger partial charge < -0.3 is 4.90 Å². The van der Waals surface area contributed by atoms with E-state index < -0.39 is 20.0 Å². The average Bonchev–Trinajstić information content (AvgIpc) is 2.84. The third-order valence-corrected chi connectivity index (χ3v) is 10.1. The molecule has 0 atom stereocenters. The molecule has 0 aliphatic carbocycles. The van der Waals surface area contributed by atoms with Gasteiger partial charge >= 0.3 is 0 Å². The first-order chi connectivity index (χ1) is 16.0. The fourth-order valence-corrected chi connectivity index (χ4v) is 6.92. The Hall–Kier alpha value is -2.27. The van der Waals surface area contributed by atoms with Crippen LogP contribution in [0, 0.1) is 0 Å². The summed E-state index contributed by atoms with van der Waals surface area (Å²) >= 11 is 0. The highest BCUT2D eigenvalue weighted by Gasteiger charge is 2.31. The highest BCUT2D eigenvalue weighted by atomic mass is 32.2. The summed E-state index contributed by atoms with van der Waals surface area (Å²) in [6, 6.07) is 12.9. The molecule has 0 aromatic heterocycles. The number of carbonyl (C=O) groups excluding carboxylic acids is 1. The molecule has 0 radical (unpaired) electrons. The molecule has 1 heterocycles. The van der Waals surface area contributed by atoms with E-state index in [4.69, 9.17) is 0 Å². The Morgan fingerprint density at radius 2 is 1.47 bits per heavy atom. The molecule has 3 rings (SSSR count). The number of amides is 1. The van der Waals surface area contributed by atoms with Gasteiger partial charge in [0, 0.05) is 44.8 Å². The van der Waals surface area contributed by atoms with E-state index in [1.807, 2.05) is 12.1 Å². The maximum atomic E-state index is 13.1. The molecule has 1 saturated heterocycles. The second-order valence-electron chi connectivity index (χ2n) is 8.54. The van der Waals surface area contributed by atoms with Crippen molar-refractivity contribution in [3.05, 3.63) is 59.7 Å². The molecule has 34 heavy (non-hydrogen) atoms. The molecule has 0 bridgehead atoms. The zero-order valence-corrected chi connectivity index (χ0v) is 21.8. The second-order valence-corrected chi connectivity index (χ2v) is 12.4. The van der Waals surface area contributed by atoms with Gasteiger partial charge in [0.05, 0.1) is 9.79 Å². The van der Waals surface area contributed by atoms with Crippen LogP contribution in [0.3, 0.4) is 0 Å². The molecular weight excluding hydrogens is 474 g/mol. The summed E-state index contributed by atoms with van der Waals surface area (Å²) in [4.78, 5) is 15.0. The highest BCUT2D eigenvalue weighted by molar-refractivity contribution is 7.89. The van der Waals surface area contributed by atoms with Gasteiger partial charge in [-0.05, 0) is 41.8 Å². The summed E-state index contributed by atoms with van der Waals surface area (Å²) in [6.45, 7) is 9.13. The normalized spacial score (nSPS) is 15.8. The lowest BCUT2D eigenvalue weighted by Gasteiger charge is -2.34. The van der Waals surface area contributed by atoms with Crippen molar-refractivity contribution >= 4 is 26.0 Å². The lowest BCUT2D eigenvalue weighted by atomic mass is 10.0. The molecule has 0 spiro atoms. The molecule has 1 aliphatic rings. The number of piperazine rings is 1. The Morgan fingerprint density at radius 1 is 0.882 bits per heavy atom. The van der Waals surface area contributed by atoms with Crippen LogP contribution < -0.4 is 0 Å². The number of carbonyl (C=O) groups is 1. The summed E-state index contributed by atoms with van der Waals surface area (Å²) in [6.07, 6.45) is 0. The Bertz CT molecular complexity index is 1210. The zero-order chi connectivity index (χ0) is 25.1. The van der Waals surface area contributed by atoms with Gasteiger partial charge in [-0.25, -0.2) is 16.8 Å². The minimum atomic E-state index is -3.68. The largest absolute Gasteiger partial charge is 0.336 e. The van der Waals surface area contributed by atoms with E-state index in [1.54, 1.807) is 43.0 Å². The quantitative estimate of drug-likeness (QED) is 0.547. The molecule has 0 saturated carbocycles. The topological polar surface area (TPSA) is 95.1 Å². The molecule has 1 fully saturated rings. The second kappa shape index (κ2) is 10.6. The summed E-state index contributed by atoms with van der Waals surface area (Å²) < 4.78 is 54.5. The van der Waals surface area contributed by atoms with Crippen LogP contribution in [0.5, 0.6) is 0 Å². The molecule has 8 nitrogen and oxygen atoms in total. The van der Waals surface area contributed by atoms with E-state index in [1.165, 1.54) is 20.7 Å². The standard InChI is InChI=1S/C24H33N3O5S2/c1-5-26(6-2)34(31,32)23-9-7-8-21(18-23)24(28)25-14-16-27(17-15-25)33(29,30)22-12-10-20(11-13-22)19(3)4/h7-13,18-19H,5-6,14-17H2,1-4H3. The molecule has 186 valence electrons. The third-order valence-electron chi connectivity index (χ3n) is 6.13. The molecule has 10 heteroatoms. The minimum absolute atomic E-state index is 0.0770. The zero-order valence-electron chi connectivity index (χ0n) is 20.1. The maximum Gasteiger partial charge on any atom is 0.253 e. The lowest BCUT2D eigenvalue weighted by molar-refractivity contribution is 0.0697. The number of sulfonamides is 2. The molecule has 2 aromatic carbocycles. The van der Waals surface area contributed by atoms with Gasteiger partial charge in [-0.1, -0.05) is 45.9 Å². The number of hydrogen-bond donors (Lipinski definition) is 0. The number of hydrogen-bond acceptors (Lipinski definition) is 5. The van der Waals surface area contributed by atoms with Gasteiger partial charge in [0.1, 0.15) is 0 Å². The molecular formula is C24H33N3O5S2. The van der Waals surface area contributed by atoms with Crippen LogP contribution in [-0.4, -0.2) is 75.5 Å². The van der Waals surface area contributed by atoms with E-state index in [9.17, 15) is 21.6 Å². The van der Waals surface area contributed by atoms with Crippen molar-refractivity contribution in [1.82, 2.24) is 13.5 Å². The van der Waals surface area contributed by atoms with Crippen molar-refractivity contribution in [1.29, 1.82) is 0 Å². The van der Waals surface area contributed by atoms with Crippen LogP contribution in [0.15, 0.2) is 58.3 Å². The van der Waals surface area contributed by atoms with E-state index in [0.29, 0.717) is 19.0 Å². The third kappa shape index (κ3) is 5.35. The van der Waals surface area contributed by atoms with Gasteiger partial charge in [-0.2, -0.15) is 8.61 Å². The summed E-state index contributed by atoms with van der Waals surface area (Å²) in [7, 11) is -7.33. The van der Waals surface area contributed by atoms with Gasteiger partial charge in [0.15, 0.2) is 0 Å². The Balaban J connectivity index is 1.71. The van der Waals surface area contributed by atoms with E-state index in [0.717, 1.165) is 5.56 Å². The van der Waals surface area contributed by atoms with Crippen LogP contribution in [0.1, 0.15) is 49.5 Å². The van der Waals surface area contributed by atoms with Crippen LogP contribution in [0.4, 0.5) is 0 Å². The molecule has 0 N–H and O–H groups in total. The molecule has 1 amide bonds. The van der Waals surface area contributed by atoms with Gasteiger partial charge in [0.25, 0.3) is 5.91 Å². The highest BCUT2D eigenvalue weighted by Crippen LogP contribution is 2.23.